The molecule has 1 saturated carbocycles. The molecule has 0 radical (unpaired) electrons. The van der Waals surface area contributed by atoms with E-state index in [4.69, 9.17) is 0 Å². The second-order valence-electron chi connectivity index (χ2n) is 5.99. The molecular formula is C15H15F4NO2. The van der Waals surface area contributed by atoms with Gasteiger partial charge in [-0.1, -0.05) is 0 Å². The third-order valence-electron chi connectivity index (χ3n) is 4.73. The van der Waals surface area contributed by atoms with Crippen LogP contribution in [-0.4, -0.2) is 35.1 Å². The van der Waals surface area contributed by atoms with Gasteiger partial charge in [-0.05, 0) is 31.2 Å². The van der Waals surface area contributed by atoms with Crippen LogP contribution in [-0.2, 0) is 0 Å². The standard InChI is InChI=1S/C15H15F4NO2/c16-10-4-9(12(17)14(19)13(10)18)15(22)20-5-7-1-2-11(20)8(3-7)6-21/h4,7-8,11,21H,1-3,5-6H2. The van der Waals surface area contributed by atoms with E-state index in [-0.39, 0.29) is 24.5 Å². The fourth-order valence-corrected chi connectivity index (χ4v) is 3.65. The minimum atomic E-state index is -1.98. The largest absolute Gasteiger partial charge is 0.396 e. The van der Waals surface area contributed by atoms with E-state index in [9.17, 15) is 27.5 Å². The van der Waals surface area contributed by atoms with Crippen molar-refractivity contribution in [3.63, 3.8) is 0 Å². The Balaban J connectivity index is 1.95. The summed E-state index contributed by atoms with van der Waals surface area (Å²) >= 11 is 0. The molecule has 2 aliphatic heterocycles. The van der Waals surface area contributed by atoms with Crippen LogP contribution in [0.5, 0.6) is 0 Å². The fraction of sp³-hybridized carbons (Fsp3) is 0.533. The van der Waals surface area contributed by atoms with Crippen LogP contribution in [0, 0.1) is 35.1 Å². The first-order chi connectivity index (χ1) is 10.4. The van der Waals surface area contributed by atoms with Crippen LogP contribution >= 0.6 is 0 Å². The molecule has 7 heteroatoms. The summed E-state index contributed by atoms with van der Waals surface area (Å²) < 4.78 is 53.4. The van der Waals surface area contributed by atoms with Crippen molar-refractivity contribution in [2.75, 3.05) is 13.2 Å². The summed E-state index contributed by atoms with van der Waals surface area (Å²) in [6, 6.07) is 0.116. The number of benzene rings is 1. The fourth-order valence-electron chi connectivity index (χ4n) is 3.65. The highest BCUT2D eigenvalue weighted by atomic mass is 19.2. The van der Waals surface area contributed by atoms with Crippen molar-refractivity contribution in [2.45, 2.75) is 25.3 Å². The van der Waals surface area contributed by atoms with E-state index in [0.717, 1.165) is 12.8 Å². The van der Waals surface area contributed by atoms with Gasteiger partial charge in [0, 0.05) is 25.1 Å². The smallest absolute Gasteiger partial charge is 0.257 e. The van der Waals surface area contributed by atoms with Crippen LogP contribution < -0.4 is 0 Å². The SMILES string of the molecule is O=C(c1cc(F)c(F)c(F)c1F)N1CC2CCC1C(CO)C2. The summed E-state index contributed by atoms with van der Waals surface area (Å²) in [7, 11) is 0. The Kier molecular flexibility index (Phi) is 3.84. The number of fused-ring (bicyclic) bond motifs is 3. The predicted molar refractivity (Wildman–Crippen MR) is 69.0 cm³/mol. The third-order valence-corrected chi connectivity index (χ3v) is 4.73. The molecule has 1 aromatic rings. The van der Waals surface area contributed by atoms with Crippen molar-refractivity contribution >= 4 is 5.91 Å². The Labute approximate surface area is 124 Å². The van der Waals surface area contributed by atoms with Crippen molar-refractivity contribution in [3.8, 4) is 0 Å². The summed E-state index contributed by atoms with van der Waals surface area (Å²) in [6.07, 6.45) is 2.34. The van der Waals surface area contributed by atoms with E-state index in [0.29, 0.717) is 19.0 Å². The van der Waals surface area contributed by atoms with Crippen LogP contribution in [0.25, 0.3) is 0 Å². The van der Waals surface area contributed by atoms with Crippen LogP contribution in [0.4, 0.5) is 17.6 Å². The molecule has 1 aromatic carbocycles. The highest BCUT2D eigenvalue weighted by Gasteiger charge is 2.43. The van der Waals surface area contributed by atoms with E-state index in [1.807, 2.05) is 0 Å². The predicted octanol–water partition coefficient (Wildman–Crippen LogP) is 2.48. The van der Waals surface area contributed by atoms with E-state index in [1.165, 1.54) is 4.90 Å². The number of aliphatic hydroxyl groups excluding tert-OH is 1. The Morgan fingerprint density at radius 2 is 1.91 bits per heavy atom. The minimum absolute atomic E-state index is 0.0976. The number of carbonyl (C=O) groups is 1. The van der Waals surface area contributed by atoms with Crippen molar-refractivity contribution in [3.05, 3.63) is 34.9 Å². The molecule has 0 spiro atoms. The zero-order chi connectivity index (χ0) is 16.0. The topological polar surface area (TPSA) is 40.5 Å². The molecule has 1 aliphatic carbocycles. The molecule has 2 heterocycles. The van der Waals surface area contributed by atoms with Gasteiger partial charge in [-0.25, -0.2) is 17.6 Å². The molecular weight excluding hydrogens is 302 g/mol. The van der Waals surface area contributed by atoms with Gasteiger partial charge < -0.3 is 10.0 Å². The van der Waals surface area contributed by atoms with Gasteiger partial charge in [0.05, 0.1) is 5.56 Å². The van der Waals surface area contributed by atoms with Gasteiger partial charge >= 0.3 is 0 Å². The maximum atomic E-state index is 13.8. The first kappa shape index (κ1) is 15.3. The average molecular weight is 317 g/mol. The van der Waals surface area contributed by atoms with Crippen molar-refractivity contribution in [1.29, 1.82) is 0 Å². The normalized spacial score (nSPS) is 27.3. The molecule has 4 rings (SSSR count). The van der Waals surface area contributed by atoms with E-state index in [1.54, 1.807) is 0 Å². The number of carbonyl (C=O) groups excluding carboxylic acids is 1. The lowest BCUT2D eigenvalue weighted by atomic mass is 9.73. The monoisotopic (exact) mass is 317 g/mol. The molecule has 22 heavy (non-hydrogen) atoms. The lowest BCUT2D eigenvalue weighted by Crippen LogP contribution is -2.56. The first-order valence-electron chi connectivity index (χ1n) is 7.18. The maximum Gasteiger partial charge on any atom is 0.257 e. The number of amides is 1. The summed E-state index contributed by atoms with van der Waals surface area (Å²) in [5.41, 5.74) is -0.805. The Hall–Kier alpha value is -1.63. The van der Waals surface area contributed by atoms with Crippen molar-refractivity contribution in [2.24, 2.45) is 11.8 Å². The lowest BCUT2D eigenvalue weighted by molar-refractivity contribution is -0.0110. The Morgan fingerprint density at radius 3 is 2.55 bits per heavy atom. The summed E-state index contributed by atoms with van der Waals surface area (Å²) in [4.78, 5) is 13.8. The van der Waals surface area contributed by atoms with Gasteiger partial charge in [0.1, 0.15) is 0 Å². The molecule has 0 aromatic heterocycles. The summed E-state index contributed by atoms with van der Waals surface area (Å²) in [5.74, 6) is -7.97. The number of piperidine rings is 2. The number of hydrogen-bond acceptors (Lipinski definition) is 2. The van der Waals surface area contributed by atoms with E-state index >= 15 is 0 Å². The van der Waals surface area contributed by atoms with Gasteiger partial charge in [0.15, 0.2) is 23.3 Å². The van der Waals surface area contributed by atoms with Crippen LogP contribution in [0.2, 0.25) is 0 Å². The van der Waals surface area contributed by atoms with Crippen LogP contribution in [0.15, 0.2) is 6.07 Å². The molecule has 3 atom stereocenters. The number of aliphatic hydroxyl groups is 1. The van der Waals surface area contributed by atoms with Gasteiger partial charge in [-0.3, -0.25) is 4.79 Å². The highest BCUT2D eigenvalue weighted by Crippen LogP contribution is 2.39. The molecule has 2 bridgehead atoms. The molecule has 120 valence electrons. The van der Waals surface area contributed by atoms with Gasteiger partial charge in [0.25, 0.3) is 5.91 Å². The zero-order valence-corrected chi connectivity index (χ0v) is 11.7. The zero-order valence-electron chi connectivity index (χ0n) is 11.7. The van der Waals surface area contributed by atoms with Crippen LogP contribution in [0.1, 0.15) is 29.6 Å². The number of hydrogen-bond donors (Lipinski definition) is 1. The Morgan fingerprint density at radius 1 is 1.18 bits per heavy atom. The van der Waals surface area contributed by atoms with E-state index in [2.05, 4.69) is 0 Å². The quantitative estimate of drug-likeness (QED) is 0.517. The average Bonchev–Trinajstić information content (AvgIpc) is 2.55. The molecule has 1 amide bonds. The van der Waals surface area contributed by atoms with Crippen LogP contribution in [0.3, 0.4) is 0 Å². The molecule has 3 fully saturated rings. The summed E-state index contributed by atoms with van der Waals surface area (Å²) in [5, 5.41) is 9.38. The third kappa shape index (κ3) is 2.27. The lowest BCUT2D eigenvalue weighted by Gasteiger charge is -2.49. The molecule has 2 saturated heterocycles. The second-order valence-corrected chi connectivity index (χ2v) is 5.99. The number of rotatable bonds is 2. The molecule has 3 nitrogen and oxygen atoms in total. The highest BCUT2D eigenvalue weighted by molar-refractivity contribution is 5.95. The number of nitrogens with zero attached hydrogens (tertiary/aromatic N) is 1. The first-order valence-corrected chi connectivity index (χ1v) is 7.18. The number of halogens is 4. The van der Waals surface area contributed by atoms with Crippen molar-refractivity contribution in [1.82, 2.24) is 4.90 Å². The van der Waals surface area contributed by atoms with Gasteiger partial charge in [-0.2, -0.15) is 0 Å². The molecule has 3 aliphatic rings. The van der Waals surface area contributed by atoms with Crippen molar-refractivity contribution < 1.29 is 27.5 Å². The molecule has 1 N–H and O–H groups in total. The second kappa shape index (κ2) is 5.53. The summed E-state index contributed by atoms with van der Waals surface area (Å²) in [6.45, 7) is 0.264. The minimum Gasteiger partial charge on any atom is -0.396 e. The van der Waals surface area contributed by atoms with E-state index < -0.39 is 34.7 Å². The van der Waals surface area contributed by atoms with Gasteiger partial charge in [0.2, 0.25) is 0 Å². The maximum absolute atomic E-state index is 13.8. The molecule has 3 unspecified atom stereocenters. The Bertz CT molecular complexity index is 622. The van der Waals surface area contributed by atoms with Gasteiger partial charge in [-0.15, -0.1) is 0 Å².